The average Bonchev–Trinajstić information content (AvgIpc) is 3.04. The molecule has 0 bridgehead atoms. The quantitative estimate of drug-likeness (QED) is 0.904. The van der Waals surface area contributed by atoms with Gasteiger partial charge in [-0.15, -0.1) is 11.3 Å². The summed E-state index contributed by atoms with van der Waals surface area (Å²) in [6, 6.07) is 2.61. The normalized spacial score (nSPS) is 25.0. The van der Waals surface area contributed by atoms with Crippen molar-refractivity contribution in [3.05, 3.63) is 16.6 Å². The summed E-state index contributed by atoms with van der Waals surface area (Å²) in [5.41, 5.74) is 1.01. The molecular weight excluding hydrogens is 310 g/mol. The number of nitrogens with one attached hydrogen (secondary N) is 1. The van der Waals surface area contributed by atoms with Crippen molar-refractivity contribution in [3.8, 4) is 0 Å². The number of fused-ring (bicyclic) bond motifs is 1. The average molecular weight is 333 g/mol. The van der Waals surface area contributed by atoms with Gasteiger partial charge in [-0.25, -0.2) is 0 Å². The molecule has 0 spiro atoms. The first-order chi connectivity index (χ1) is 11.2. The Balaban J connectivity index is 1.58. The number of hydrogen-bond acceptors (Lipinski definition) is 4. The van der Waals surface area contributed by atoms with E-state index in [-0.39, 0.29) is 24.5 Å². The number of hydrogen-bond donors (Lipinski definition) is 2. The molecule has 2 fully saturated rings. The van der Waals surface area contributed by atoms with Crippen molar-refractivity contribution in [2.24, 2.45) is 5.92 Å². The maximum Gasteiger partial charge on any atom is 0.261 e. The highest BCUT2D eigenvalue weighted by atomic mass is 32.1. The molecule has 2 aliphatic rings. The minimum atomic E-state index is -0.0123. The van der Waals surface area contributed by atoms with Gasteiger partial charge in [0.25, 0.3) is 5.91 Å². The Kier molecular flexibility index (Phi) is 3.89. The number of rotatable bonds is 4. The standard InChI is InChI=1S/C17H23N3O2S/c1-10-13-8-15(16(22)18-14-7-11(14)9-21)23-17(13)20(19-10)12-5-3-2-4-6-12/h8,11-12,14,21H,2-7,9H2,1H3,(H,18,22)/t11-,14+/m0/s1. The van der Waals surface area contributed by atoms with Gasteiger partial charge < -0.3 is 10.4 Å². The van der Waals surface area contributed by atoms with Crippen LogP contribution >= 0.6 is 11.3 Å². The van der Waals surface area contributed by atoms with Crippen LogP contribution in [0.5, 0.6) is 0 Å². The van der Waals surface area contributed by atoms with Crippen LogP contribution in [0.1, 0.15) is 59.9 Å². The van der Waals surface area contributed by atoms with Crippen molar-refractivity contribution in [1.82, 2.24) is 15.1 Å². The van der Waals surface area contributed by atoms with E-state index < -0.39 is 0 Å². The van der Waals surface area contributed by atoms with Crippen LogP contribution in [-0.4, -0.2) is 33.4 Å². The SMILES string of the molecule is Cc1nn(C2CCCCC2)c2sc(C(=O)N[C@@H]3C[C@H]3CO)cc12. The lowest BCUT2D eigenvalue weighted by Gasteiger charge is -2.22. The number of aromatic nitrogens is 2. The first kappa shape index (κ1) is 15.1. The zero-order chi connectivity index (χ0) is 16.0. The van der Waals surface area contributed by atoms with Crippen molar-refractivity contribution in [3.63, 3.8) is 0 Å². The van der Waals surface area contributed by atoms with Gasteiger partial charge >= 0.3 is 0 Å². The Morgan fingerprint density at radius 2 is 2.22 bits per heavy atom. The highest BCUT2D eigenvalue weighted by Crippen LogP contribution is 2.36. The zero-order valence-corrected chi connectivity index (χ0v) is 14.2. The van der Waals surface area contributed by atoms with Crippen LogP contribution in [0.2, 0.25) is 0 Å². The minimum Gasteiger partial charge on any atom is -0.396 e. The highest BCUT2D eigenvalue weighted by Gasteiger charge is 2.38. The summed E-state index contributed by atoms with van der Waals surface area (Å²) in [7, 11) is 0. The number of thiophene rings is 1. The molecule has 0 aromatic carbocycles. The highest BCUT2D eigenvalue weighted by molar-refractivity contribution is 7.20. The van der Waals surface area contributed by atoms with E-state index in [0.29, 0.717) is 6.04 Å². The largest absolute Gasteiger partial charge is 0.396 e. The molecule has 2 aromatic heterocycles. The van der Waals surface area contributed by atoms with E-state index in [4.69, 9.17) is 10.2 Å². The van der Waals surface area contributed by atoms with E-state index in [9.17, 15) is 4.79 Å². The summed E-state index contributed by atoms with van der Waals surface area (Å²) in [5.74, 6) is 0.231. The third-order valence-corrected chi connectivity index (χ3v) is 6.31. The van der Waals surface area contributed by atoms with Crippen LogP contribution in [0.3, 0.4) is 0 Å². The lowest BCUT2D eigenvalue weighted by Crippen LogP contribution is -2.26. The Morgan fingerprint density at radius 1 is 1.43 bits per heavy atom. The van der Waals surface area contributed by atoms with Crippen LogP contribution in [-0.2, 0) is 0 Å². The summed E-state index contributed by atoms with van der Waals surface area (Å²) in [6.07, 6.45) is 7.14. The third-order valence-electron chi connectivity index (χ3n) is 5.19. The molecule has 2 atom stereocenters. The van der Waals surface area contributed by atoms with Crippen molar-refractivity contribution in [2.45, 2.75) is 57.5 Å². The van der Waals surface area contributed by atoms with Crippen LogP contribution in [0.4, 0.5) is 0 Å². The smallest absolute Gasteiger partial charge is 0.261 e. The molecule has 2 heterocycles. The molecule has 5 nitrogen and oxygen atoms in total. The van der Waals surface area contributed by atoms with E-state index in [2.05, 4.69) is 10.00 Å². The summed E-state index contributed by atoms with van der Waals surface area (Å²) in [4.78, 5) is 14.3. The lowest BCUT2D eigenvalue weighted by molar-refractivity contribution is 0.0951. The van der Waals surface area contributed by atoms with Gasteiger partial charge in [0.05, 0.1) is 16.6 Å². The maximum absolute atomic E-state index is 12.4. The number of nitrogens with zero attached hydrogens (tertiary/aromatic N) is 2. The van der Waals surface area contributed by atoms with Gasteiger partial charge in [0.1, 0.15) is 4.83 Å². The van der Waals surface area contributed by atoms with E-state index in [0.717, 1.165) is 27.2 Å². The molecule has 23 heavy (non-hydrogen) atoms. The summed E-state index contributed by atoms with van der Waals surface area (Å²) >= 11 is 1.55. The number of aryl methyl sites for hydroxylation is 1. The Hall–Kier alpha value is -1.40. The predicted octanol–water partition coefficient (Wildman–Crippen LogP) is 3.02. The number of amides is 1. The molecule has 0 aliphatic heterocycles. The van der Waals surface area contributed by atoms with Gasteiger partial charge in [-0.05, 0) is 32.3 Å². The second-order valence-corrected chi connectivity index (χ2v) is 7.94. The molecule has 0 radical (unpaired) electrons. The summed E-state index contributed by atoms with van der Waals surface area (Å²) in [5, 5.41) is 18.0. The molecule has 2 N–H and O–H groups in total. The molecule has 2 saturated carbocycles. The predicted molar refractivity (Wildman–Crippen MR) is 90.9 cm³/mol. The number of aliphatic hydroxyl groups is 1. The first-order valence-corrected chi connectivity index (χ1v) is 9.39. The van der Waals surface area contributed by atoms with Crippen LogP contribution in [0.25, 0.3) is 10.2 Å². The number of carbonyl (C=O) groups excluding carboxylic acids is 1. The van der Waals surface area contributed by atoms with Gasteiger partial charge in [0, 0.05) is 24.0 Å². The zero-order valence-electron chi connectivity index (χ0n) is 13.4. The van der Waals surface area contributed by atoms with Gasteiger partial charge in [0.2, 0.25) is 0 Å². The fourth-order valence-corrected chi connectivity index (χ4v) is 4.76. The fourth-order valence-electron chi connectivity index (χ4n) is 3.62. The van der Waals surface area contributed by atoms with Crippen molar-refractivity contribution >= 4 is 27.5 Å². The van der Waals surface area contributed by atoms with Gasteiger partial charge in [-0.2, -0.15) is 5.10 Å². The second-order valence-electron chi connectivity index (χ2n) is 6.91. The van der Waals surface area contributed by atoms with Crippen LogP contribution in [0.15, 0.2) is 6.07 Å². The maximum atomic E-state index is 12.4. The van der Waals surface area contributed by atoms with Gasteiger partial charge in [-0.1, -0.05) is 19.3 Å². The Bertz CT molecular complexity index is 730. The van der Waals surface area contributed by atoms with Gasteiger partial charge in [0.15, 0.2) is 0 Å². The molecule has 4 rings (SSSR count). The van der Waals surface area contributed by atoms with Crippen LogP contribution < -0.4 is 5.32 Å². The van der Waals surface area contributed by atoms with E-state index in [1.807, 2.05) is 13.0 Å². The van der Waals surface area contributed by atoms with Crippen molar-refractivity contribution in [1.29, 1.82) is 0 Å². The molecule has 2 aromatic rings. The Labute approximate surface area is 139 Å². The minimum absolute atomic E-state index is 0.0123. The fraction of sp³-hybridized carbons (Fsp3) is 0.647. The van der Waals surface area contributed by atoms with Crippen molar-refractivity contribution in [2.75, 3.05) is 6.61 Å². The molecule has 0 unspecified atom stereocenters. The Morgan fingerprint density at radius 3 is 2.91 bits per heavy atom. The second kappa shape index (κ2) is 5.91. The molecule has 124 valence electrons. The number of aliphatic hydroxyl groups excluding tert-OH is 1. The van der Waals surface area contributed by atoms with E-state index in [1.54, 1.807) is 11.3 Å². The molecule has 0 saturated heterocycles. The van der Waals surface area contributed by atoms with E-state index in [1.165, 1.54) is 32.1 Å². The summed E-state index contributed by atoms with van der Waals surface area (Å²) in [6.45, 7) is 2.19. The third kappa shape index (κ3) is 2.78. The van der Waals surface area contributed by atoms with Crippen molar-refractivity contribution < 1.29 is 9.90 Å². The first-order valence-electron chi connectivity index (χ1n) is 8.57. The molecular formula is C17H23N3O2S. The van der Waals surface area contributed by atoms with Gasteiger partial charge in [-0.3, -0.25) is 9.48 Å². The molecule has 2 aliphatic carbocycles. The monoisotopic (exact) mass is 333 g/mol. The molecule has 1 amide bonds. The topological polar surface area (TPSA) is 67.2 Å². The molecule has 6 heteroatoms. The lowest BCUT2D eigenvalue weighted by atomic mass is 9.96. The number of carbonyl (C=O) groups is 1. The van der Waals surface area contributed by atoms with Crippen LogP contribution in [0, 0.1) is 12.8 Å². The summed E-state index contributed by atoms with van der Waals surface area (Å²) < 4.78 is 2.17. The van der Waals surface area contributed by atoms with E-state index >= 15 is 0 Å².